The van der Waals surface area contributed by atoms with Crippen LogP contribution < -0.4 is 10.6 Å². The molecule has 2 N–H and O–H groups in total. The third-order valence-electron chi connectivity index (χ3n) is 1.11. The lowest BCUT2D eigenvalue weighted by Gasteiger charge is -2.19. The highest BCUT2D eigenvalue weighted by molar-refractivity contribution is 8.89. The van der Waals surface area contributed by atoms with Gasteiger partial charge >= 0.3 is 0 Å². The van der Waals surface area contributed by atoms with Crippen LogP contribution in [0.2, 0.25) is 0 Å². The first-order valence-electron chi connectivity index (χ1n) is 3.11. The summed E-state index contributed by atoms with van der Waals surface area (Å²) in [7, 11) is 2.99. The molecule has 11 heavy (non-hydrogen) atoms. The zero-order valence-corrected chi connectivity index (χ0v) is 9.18. The van der Waals surface area contributed by atoms with Crippen molar-refractivity contribution in [1.29, 1.82) is 0 Å². The summed E-state index contributed by atoms with van der Waals surface area (Å²) in [5.74, 6) is 0. The molecule has 0 aliphatic carbocycles. The molecule has 1 aliphatic rings. The van der Waals surface area contributed by atoms with Crippen molar-refractivity contribution in [2.75, 3.05) is 6.54 Å². The monoisotopic (exact) mass is 224 g/mol. The Balaban J connectivity index is 2.47. The molecule has 1 rings (SSSR count). The molecule has 0 bridgehead atoms. The zero-order chi connectivity index (χ0) is 8.27. The van der Waals surface area contributed by atoms with E-state index >= 15 is 0 Å². The SMILES string of the molecule is CC1CNC(=S)SSC(=S)N1. The molecular weight excluding hydrogens is 216 g/mol. The van der Waals surface area contributed by atoms with Gasteiger partial charge in [0.25, 0.3) is 0 Å². The molecular formula is C5H8N2S4. The van der Waals surface area contributed by atoms with E-state index in [4.69, 9.17) is 24.4 Å². The second-order valence-electron chi connectivity index (χ2n) is 2.17. The molecule has 1 unspecified atom stereocenters. The van der Waals surface area contributed by atoms with Crippen molar-refractivity contribution in [3.63, 3.8) is 0 Å². The first-order chi connectivity index (χ1) is 5.18. The molecule has 0 aromatic heterocycles. The van der Waals surface area contributed by atoms with Crippen LogP contribution in [0.1, 0.15) is 6.92 Å². The lowest BCUT2D eigenvalue weighted by atomic mass is 10.3. The number of rotatable bonds is 0. The molecule has 0 spiro atoms. The Morgan fingerprint density at radius 2 is 2.00 bits per heavy atom. The van der Waals surface area contributed by atoms with Gasteiger partial charge in [-0.1, -0.05) is 24.4 Å². The molecule has 6 heteroatoms. The van der Waals surface area contributed by atoms with Crippen LogP contribution in [0, 0.1) is 0 Å². The molecule has 0 saturated carbocycles. The number of nitrogens with one attached hydrogen (secondary N) is 2. The third kappa shape index (κ3) is 3.59. The Morgan fingerprint density at radius 3 is 2.73 bits per heavy atom. The van der Waals surface area contributed by atoms with Gasteiger partial charge in [0.15, 0.2) is 0 Å². The lowest BCUT2D eigenvalue weighted by Crippen LogP contribution is -2.40. The van der Waals surface area contributed by atoms with Crippen molar-refractivity contribution in [3.8, 4) is 0 Å². The minimum atomic E-state index is 0.355. The van der Waals surface area contributed by atoms with Gasteiger partial charge in [0, 0.05) is 12.6 Å². The summed E-state index contributed by atoms with van der Waals surface area (Å²) in [6.07, 6.45) is 0. The summed E-state index contributed by atoms with van der Waals surface area (Å²) in [5, 5.41) is 6.26. The maximum Gasteiger partial charge on any atom is 0.145 e. The van der Waals surface area contributed by atoms with Crippen LogP contribution in [-0.4, -0.2) is 21.2 Å². The molecule has 0 aromatic rings. The van der Waals surface area contributed by atoms with Crippen LogP contribution in [0.5, 0.6) is 0 Å². The molecule has 0 aromatic carbocycles. The summed E-state index contributed by atoms with van der Waals surface area (Å²) < 4.78 is 1.62. The maximum absolute atomic E-state index is 5.03. The third-order valence-corrected chi connectivity index (χ3v) is 4.40. The van der Waals surface area contributed by atoms with Gasteiger partial charge in [-0.25, -0.2) is 0 Å². The summed E-state index contributed by atoms with van der Waals surface area (Å²) in [5.41, 5.74) is 0. The lowest BCUT2D eigenvalue weighted by molar-refractivity contribution is 0.652. The van der Waals surface area contributed by atoms with Gasteiger partial charge in [0.1, 0.15) is 8.64 Å². The van der Waals surface area contributed by atoms with Crippen LogP contribution in [0.4, 0.5) is 0 Å². The van der Waals surface area contributed by atoms with Crippen molar-refractivity contribution in [1.82, 2.24) is 10.6 Å². The predicted molar refractivity (Wildman–Crippen MR) is 61.0 cm³/mol. The van der Waals surface area contributed by atoms with Gasteiger partial charge < -0.3 is 10.6 Å². The largest absolute Gasteiger partial charge is 0.368 e. The molecule has 2 nitrogen and oxygen atoms in total. The Kier molecular flexibility index (Phi) is 3.91. The fourth-order valence-electron chi connectivity index (χ4n) is 0.618. The molecule has 1 aliphatic heterocycles. The van der Waals surface area contributed by atoms with E-state index in [1.165, 1.54) is 21.6 Å². The molecule has 1 atom stereocenters. The molecule has 1 saturated heterocycles. The second kappa shape index (κ2) is 4.49. The topological polar surface area (TPSA) is 24.1 Å². The van der Waals surface area contributed by atoms with E-state index in [9.17, 15) is 0 Å². The Morgan fingerprint density at radius 1 is 1.36 bits per heavy atom. The average molecular weight is 224 g/mol. The Bertz CT molecular complexity index is 181. The van der Waals surface area contributed by atoms with E-state index in [2.05, 4.69) is 17.6 Å². The maximum atomic E-state index is 5.03. The highest BCUT2D eigenvalue weighted by Crippen LogP contribution is 2.24. The van der Waals surface area contributed by atoms with Crippen molar-refractivity contribution in [2.24, 2.45) is 0 Å². The van der Waals surface area contributed by atoms with Crippen molar-refractivity contribution in [3.05, 3.63) is 0 Å². The summed E-state index contributed by atoms with van der Waals surface area (Å²) in [6, 6.07) is 0.355. The van der Waals surface area contributed by atoms with Gasteiger partial charge in [-0.05, 0) is 28.5 Å². The predicted octanol–water partition coefficient (Wildman–Crippen LogP) is 1.52. The Labute approximate surface area is 84.7 Å². The summed E-state index contributed by atoms with van der Waals surface area (Å²) >= 11 is 10.0. The van der Waals surface area contributed by atoms with E-state index < -0.39 is 0 Å². The summed E-state index contributed by atoms with van der Waals surface area (Å²) in [4.78, 5) is 0. The molecule has 0 amide bonds. The van der Waals surface area contributed by atoms with Crippen molar-refractivity contribution < 1.29 is 0 Å². The highest BCUT2D eigenvalue weighted by Gasteiger charge is 2.10. The van der Waals surface area contributed by atoms with Gasteiger partial charge in [-0.2, -0.15) is 0 Å². The van der Waals surface area contributed by atoms with Gasteiger partial charge in [-0.15, -0.1) is 0 Å². The van der Waals surface area contributed by atoms with Crippen LogP contribution in [0.15, 0.2) is 0 Å². The number of thiocarbonyl (C=S) groups is 2. The van der Waals surface area contributed by atoms with Gasteiger partial charge in [0.05, 0.1) is 0 Å². The first-order valence-corrected chi connectivity index (χ1v) is 6.08. The molecule has 0 radical (unpaired) electrons. The highest BCUT2D eigenvalue weighted by atomic mass is 33.1. The minimum absolute atomic E-state index is 0.355. The normalized spacial score (nSPS) is 26.5. The molecule has 1 fully saturated rings. The average Bonchev–Trinajstić information content (AvgIpc) is 1.95. The standard InChI is InChI=1S/C5H8N2S4/c1-3-2-6-4(8)10-11-5(9)7-3/h3H,2H2,1H3,(H,6,8)(H,7,9). The van der Waals surface area contributed by atoms with Crippen LogP contribution >= 0.6 is 46.0 Å². The van der Waals surface area contributed by atoms with E-state index in [1.807, 2.05) is 0 Å². The van der Waals surface area contributed by atoms with E-state index in [0.29, 0.717) is 6.04 Å². The van der Waals surface area contributed by atoms with Crippen LogP contribution in [0.3, 0.4) is 0 Å². The zero-order valence-electron chi connectivity index (χ0n) is 5.92. The first kappa shape index (κ1) is 9.57. The fraction of sp³-hybridized carbons (Fsp3) is 0.600. The van der Waals surface area contributed by atoms with Gasteiger partial charge in [-0.3, -0.25) is 0 Å². The smallest absolute Gasteiger partial charge is 0.145 e. The minimum Gasteiger partial charge on any atom is -0.368 e. The molecule has 1 heterocycles. The van der Waals surface area contributed by atoms with Gasteiger partial charge in [0.2, 0.25) is 0 Å². The number of hydrogen-bond donors (Lipinski definition) is 2. The van der Waals surface area contributed by atoms with Crippen molar-refractivity contribution in [2.45, 2.75) is 13.0 Å². The number of hydrogen-bond acceptors (Lipinski definition) is 4. The Hall–Kier alpha value is 0.480. The second-order valence-corrected chi connectivity index (χ2v) is 5.65. The fourth-order valence-corrected chi connectivity index (χ4v) is 2.83. The summed E-state index contributed by atoms with van der Waals surface area (Å²) in [6.45, 7) is 2.91. The molecule has 62 valence electrons. The van der Waals surface area contributed by atoms with E-state index in [0.717, 1.165) is 15.2 Å². The van der Waals surface area contributed by atoms with E-state index in [-0.39, 0.29) is 0 Å². The van der Waals surface area contributed by atoms with E-state index in [1.54, 1.807) is 0 Å². The quantitative estimate of drug-likeness (QED) is 0.478. The van der Waals surface area contributed by atoms with Crippen LogP contribution in [0.25, 0.3) is 0 Å². The van der Waals surface area contributed by atoms with Crippen molar-refractivity contribution >= 4 is 54.7 Å². The van der Waals surface area contributed by atoms with Crippen LogP contribution in [-0.2, 0) is 0 Å².